The number of hydrogen-bond acceptors (Lipinski definition) is 4. The highest BCUT2D eigenvalue weighted by Crippen LogP contribution is 2.28. The molecule has 6 heteroatoms. The summed E-state index contributed by atoms with van der Waals surface area (Å²) < 4.78 is 5.29. The molecule has 1 aliphatic rings. The molecule has 4 rings (SSSR count). The van der Waals surface area contributed by atoms with E-state index in [0.717, 1.165) is 35.4 Å². The van der Waals surface area contributed by atoms with Gasteiger partial charge in [0.05, 0.1) is 18.2 Å². The molecule has 2 aromatic carbocycles. The Hall–Kier alpha value is -2.79. The topological polar surface area (TPSA) is 54.5 Å². The van der Waals surface area contributed by atoms with Crippen molar-refractivity contribution < 1.29 is 9.53 Å². The van der Waals surface area contributed by atoms with Crippen LogP contribution in [0, 0.1) is 6.92 Å². The normalized spacial score (nSPS) is 14.1. The molecular formula is C23H24ClN3O2. The first kappa shape index (κ1) is 19.5. The summed E-state index contributed by atoms with van der Waals surface area (Å²) in [6, 6.07) is 12.9. The van der Waals surface area contributed by atoms with Crippen LogP contribution in [-0.2, 0) is 0 Å². The van der Waals surface area contributed by atoms with Gasteiger partial charge in [-0.15, -0.1) is 0 Å². The van der Waals surface area contributed by atoms with Gasteiger partial charge in [0.15, 0.2) is 0 Å². The fraction of sp³-hybridized carbons (Fsp3) is 0.304. The van der Waals surface area contributed by atoms with E-state index in [1.54, 1.807) is 18.2 Å². The maximum Gasteiger partial charge on any atom is 0.259 e. The Labute approximate surface area is 175 Å². The molecule has 1 N–H and O–H groups in total. The van der Waals surface area contributed by atoms with E-state index in [1.165, 1.54) is 26.4 Å². The average Bonchev–Trinajstić information content (AvgIpc) is 2.74. The molecule has 1 amide bonds. The van der Waals surface area contributed by atoms with Gasteiger partial charge in [-0.25, -0.2) is 4.98 Å². The Morgan fingerprint density at radius 1 is 1.10 bits per heavy atom. The van der Waals surface area contributed by atoms with E-state index in [9.17, 15) is 4.79 Å². The minimum atomic E-state index is -0.265. The predicted molar refractivity (Wildman–Crippen MR) is 119 cm³/mol. The van der Waals surface area contributed by atoms with Crippen molar-refractivity contribution in [3.05, 3.63) is 58.6 Å². The lowest BCUT2D eigenvalue weighted by Crippen LogP contribution is -2.30. The molecule has 0 atom stereocenters. The Bertz CT molecular complexity index is 1060. The van der Waals surface area contributed by atoms with E-state index < -0.39 is 0 Å². The lowest BCUT2D eigenvalue weighted by Gasteiger charge is -2.28. The standard InChI is InChI=1S/C23H24ClN3O2/c1-15-12-22(27-10-4-3-5-11-27)26-20-8-7-17(14-18(15)20)25-23(28)19-13-16(24)6-9-21(19)29-2/h6-9,12-14H,3-5,10-11H2,1-2H3,(H,25,28). The Morgan fingerprint density at radius 2 is 1.90 bits per heavy atom. The number of aromatic nitrogens is 1. The quantitative estimate of drug-likeness (QED) is 0.622. The van der Waals surface area contributed by atoms with Gasteiger partial charge >= 0.3 is 0 Å². The molecule has 0 bridgehead atoms. The van der Waals surface area contributed by atoms with Crippen molar-refractivity contribution in [1.82, 2.24) is 4.98 Å². The number of amides is 1. The highest BCUT2D eigenvalue weighted by Gasteiger charge is 2.16. The molecule has 1 aliphatic heterocycles. The van der Waals surface area contributed by atoms with Crippen LogP contribution < -0.4 is 15.0 Å². The summed E-state index contributed by atoms with van der Waals surface area (Å²) in [5, 5.41) is 4.46. The Balaban J connectivity index is 1.61. The number of piperidine rings is 1. The van der Waals surface area contributed by atoms with Gasteiger partial charge in [0.1, 0.15) is 11.6 Å². The zero-order valence-corrected chi connectivity index (χ0v) is 17.4. The van der Waals surface area contributed by atoms with E-state index in [0.29, 0.717) is 22.0 Å². The minimum Gasteiger partial charge on any atom is -0.496 e. The van der Waals surface area contributed by atoms with Crippen LogP contribution in [0.3, 0.4) is 0 Å². The summed E-state index contributed by atoms with van der Waals surface area (Å²) in [6.07, 6.45) is 3.73. The van der Waals surface area contributed by atoms with Gasteiger partial charge in [-0.1, -0.05) is 11.6 Å². The van der Waals surface area contributed by atoms with Gasteiger partial charge in [0.25, 0.3) is 5.91 Å². The molecule has 3 aromatic rings. The van der Waals surface area contributed by atoms with Crippen molar-refractivity contribution in [3.63, 3.8) is 0 Å². The summed E-state index contributed by atoms with van der Waals surface area (Å²) in [5.74, 6) is 1.26. The van der Waals surface area contributed by atoms with Crippen LogP contribution in [0.1, 0.15) is 35.2 Å². The highest BCUT2D eigenvalue weighted by atomic mass is 35.5. The highest BCUT2D eigenvalue weighted by molar-refractivity contribution is 6.31. The van der Waals surface area contributed by atoms with Crippen molar-refractivity contribution in [1.29, 1.82) is 0 Å². The number of anilines is 2. The van der Waals surface area contributed by atoms with Crippen molar-refractivity contribution >= 4 is 39.9 Å². The molecule has 0 saturated carbocycles. The number of pyridine rings is 1. The third kappa shape index (κ3) is 4.15. The Kier molecular flexibility index (Phi) is 5.58. The zero-order chi connectivity index (χ0) is 20.4. The molecule has 0 unspecified atom stereocenters. The van der Waals surface area contributed by atoms with Gasteiger partial charge in [-0.3, -0.25) is 4.79 Å². The zero-order valence-electron chi connectivity index (χ0n) is 16.7. The minimum absolute atomic E-state index is 0.265. The number of rotatable bonds is 4. The summed E-state index contributed by atoms with van der Waals surface area (Å²) in [4.78, 5) is 20.0. The SMILES string of the molecule is COc1ccc(Cl)cc1C(=O)Nc1ccc2nc(N3CCCCC3)cc(C)c2c1. The number of fused-ring (bicyclic) bond motifs is 1. The smallest absolute Gasteiger partial charge is 0.259 e. The van der Waals surface area contributed by atoms with E-state index >= 15 is 0 Å². The number of hydrogen-bond donors (Lipinski definition) is 1. The van der Waals surface area contributed by atoms with E-state index in [2.05, 4.69) is 23.2 Å². The van der Waals surface area contributed by atoms with Gasteiger partial charge in [0.2, 0.25) is 0 Å². The number of nitrogens with one attached hydrogen (secondary N) is 1. The van der Waals surface area contributed by atoms with Gasteiger partial charge in [-0.2, -0.15) is 0 Å². The lowest BCUT2D eigenvalue weighted by atomic mass is 10.1. The number of nitrogens with zero attached hydrogens (tertiary/aromatic N) is 2. The molecule has 1 fully saturated rings. The number of benzene rings is 2. The van der Waals surface area contributed by atoms with Gasteiger partial charge in [-0.05, 0) is 74.2 Å². The van der Waals surface area contributed by atoms with Crippen LogP contribution in [0.2, 0.25) is 5.02 Å². The molecule has 0 radical (unpaired) electrons. The van der Waals surface area contributed by atoms with Crippen molar-refractivity contribution in [2.45, 2.75) is 26.2 Å². The molecule has 1 aromatic heterocycles. The van der Waals surface area contributed by atoms with Crippen molar-refractivity contribution in [2.24, 2.45) is 0 Å². The van der Waals surface area contributed by atoms with Crippen LogP contribution in [0.25, 0.3) is 10.9 Å². The van der Waals surface area contributed by atoms with Crippen LogP contribution >= 0.6 is 11.6 Å². The van der Waals surface area contributed by atoms with Crippen molar-refractivity contribution in [2.75, 3.05) is 30.4 Å². The molecular weight excluding hydrogens is 386 g/mol. The molecule has 1 saturated heterocycles. The first-order valence-electron chi connectivity index (χ1n) is 9.86. The second kappa shape index (κ2) is 8.29. The van der Waals surface area contributed by atoms with E-state index in [-0.39, 0.29) is 5.91 Å². The van der Waals surface area contributed by atoms with Crippen molar-refractivity contribution in [3.8, 4) is 5.75 Å². The fourth-order valence-electron chi connectivity index (χ4n) is 3.80. The maximum atomic E-state index is 12.8. The number of ether oxygens (including phenoxy) is 1. The second-order valence-electron chi connectivity index (χ2n) is 7.38. The lowest BCUT2D eigenvalue weighted by molar-refractivity contribution is 0.102. The van der Waals surface area contributed by atoms with Crippen LogP contribution in [-0.4, -0.2) is 31.1 Å². The first-order valence-corrected chi connectivity index (χ1v) is 10.2. The van der Waals surface area contributed by atoms with Gasteiger partial charge < -0.3 is 15.0 Å². The van der Waals surface area contributed by atoms with Crippen LogP contribution in [0.5, 0.6) is 5.75 Å². The number of carbonyl (C=O) groups excluding carboxylic acids is 1. The number of carbonyl (C=O) groups is 1. The number of halogens is 1. The summed E-state index contributed by atoms with van der Waals surface area (Å²) in [7, 11) is 1.53. The van der Waals surface area contributed by atoms with Crippen LogP contribution in [0.4, 0.5) is 11.5 Å². The third-order valence-electron chi connectivity index (χ3n) is 5.35. The van der Waals surface area contributed by atoms with E-state index in [4.69, 9.17) is 21.3 Å². The molecule has 150 valence electrons. The molecule has 29 heavy (non-hydrogen) atoms. The fourth-order valence-corrected chi connectivity index (χ4v) is 3.97. The summed E-state index contributed by atoms with van der Waals surface area (Å²) in [6.45, 7) is 4.21. The summed E-state index contributed by atoms with van der Waals surface area (Å²) in [5.41, 5.74) is 3.19. The average molecular weight is 410 g/mol. The van der Waals surface area contributed by atoms with Gasteiger partial charge in [0, 0.05) is 29.2 Å². The molecule has 5 nitrogen and oxygen atoms in total. The summed E-state index contributed by atoms with van der Waals surface area (Å²) >= 11 is 6.05. The molecule has 0 aliphatic carbocycles. The number of aryl methyl sites for hydroxylation is 1. The largest absolute Gasteiger partial charge is 0.496 e. The second-order valence-corrected chi connectivity index (χ2v) is 7.81. The molecule has 2 heterocycles. The third-order valence-corrected chi connectivity index (χ3v) is 5.58. The monoisotopic (exact) mass is 409 g/mol. The van der Waals surface area contributed by atoms with Crippen LogP contribution in [0.15, 0.2) is 42.5 Å². The molecule has 0 spiro atoms. The predicted octanol–water partition coefficient (Wildman–Crippen LogP) is 5.45. The Morgan fingerprint density at radius 3 is 2.66 bits per heavy atom. The maximum absolute atomic E-state index is 12.8. The first-order chi connectivity index (χ1) is 14.0. The van der Waals surface area contributed by atoms with E-state index in [1.807, 2.05) is 18.2 Å². The number of methoxy groups -OCH3 is 1.